The van der Waals surface area contributed by atoms with Crippen molar-refractivity contribution in [1.29, 1.82) is 0 Å². The van der Waals surface area contributed by atoms with Crippen LogP contribution in [-0.2, 0) is 4.79 Å². The molecule has 0 aliphatic carbocycles. The largest absolute Gasteiger partial charge is 0.472 e. The van der Waals surface area contributed by atoms with Crippen molar-refractivity contribution in [3.63, 3.8) is 0 Å². The van der Waals surface area contributed by atoms with Crippen molar-refractivity contribution in [3.05, 3.63) is 24.2 Å². The van der Waals surface area contributed by atoms with Crippen molar-refractivity contribution >= 4 is 30.1 Å². The maximum absolute atomic E-state index is 12.3. The average molecular weight is 487 g/mol. The van der Waals surface area contributed by atoms with Gasteiger partial charge in [-0.1, -0.05) is 103 Å². The normalized spacial score (nSPS) is 17.9. The van der Waals surface area contributed by atoms with Gasteiger partial charge < -0.3 is 9.73 Å². The molecule has 4 nitrogen and oxygen atoms in total. The zero-order valence-electron chi connectivity index (χ0n) is 20.2. The summed E-state index contributed by atoms with van der Waals surface area (Å²) in [7, 11) is 0. The van der Waals surface area contributed by atoms with E-state index in [2.05, 4.69) is 17.6 Å². The van der Waals surface area contributed by atoms with Gasteiger partial charge in [0.1, 0.15) is 0 Å². The zero-order valence-corrected chi connectivity index (χ0v) is 21.9. The Morgan fingerprint density at radius 2 is 1.47 bits per heavy atom. The molecule has 2 heterocycles. The summed E-state index contributed by atoms with van der Waals surface area (Å²) >= 11 is 1.77. The molecule has 2 rings (SSSR count). The summed E-state index contributed by atoms with van der Waals surface area (Å²) in [6, 6.07) is 1.87. The smallest absolute Gasteiger partial charge is 0.238 e. The minimum absolute atomic E-state index is 0. The lowest BCUT2D eigenvalue weighted by Gasteiger charge is -2.12. The van der Waals surface area contributed by atoms with E-state index in [1.54, 1.807) is 24.3 Å². The molecule has 1 fully saturated rings. The summed E-state index contributed by atoms with van der Waals surface area (Å²) in [5.41, 5.74) is 1.11. The van der Waals surface area contributed by atoms with E-state index in [9.17, 15) is 4.79 Å². The van der Waals surface area contributed by atoms with E-state index in [4.69, 9.17) is 4.42 Å². The fourth-order valence-electron chi connectivity index (χ4n) is 4.25. The van der Waals surface area contributed by atoms with E-state index in [1.807, 2.05) is 6.07 Å². The van der Waals surface area contributed by atoms with E-state index >= 15 is 0 Å². The Morgan fingerprint density at radius 1 is 0.938 bits per heavy atom. The van der Waals surface area contributed by atoms with Gasteiger partial charge in [0.15, 0.2) is 0 Å². The average Bonchev–Trinajstić information content (AvgIpc) is 3.48. The molecule has 6 heteroatoms. The van der Waals surface area contributed by atoms with Crippen LogP contribution < -0.4 is 10.6 Å². The van der Waals surface area contributed by atoms with Crippen LogP contribution in [-0.4, -0.2) is 24.2 Å². The standard InChI is InChI=1S/C26H46N2O2S.ClH/c1-2-3-4-5-6-7-8-9-10-11-12-13-14-15-16-17-19-27-25(29)24-22-31-26(28-24)23-18-20-30-21-23;/h18,20-21,24,26,28H,2-17,19,22H2,1H3,(H,27,29);1H/t24-,26?;/m0./s1. The molecule has 2 N–H and O–H groups in total. The highest BCUT2D eigenvalue weighted by molar-refractivity contribution is 7.99. The Kier molecular flexibility index (Phi) is 18.2. The third kappa shape index (κ3) is 13.2. The third-order valence-corrected chi connectivity index (χ3v) is 7.54. The third-order valence-electron chi connectivity index (χ3n) is 6.27. The first kappa shape index (κ1) is 29.4. The lowest BCUT2D eigenvalue weighted by Crippen LogP contribution is -2.42. The van der Waals surface area contributed by atoms with Crippen LogP contribution in [0.15, 0.2) is 23.0 Å². The molecular weight excluding hydrogens is 440 g/mol. The van der Waals surface area contributed by atoms with Gasteiger partial charge in [-0.25, -0.2) is 0 Å². The molecule has 0 spiro atoms. The first-order valence-electron chi connectivity index (χ1n) is 13.0. The minimum Gasteiger partial charge on any atom is -0.472 e. The number of rotatable bonds is 19. The van der Waals surface area contributed by atoms with Crippen molar-refractivity contribution in [2.24, 2.45) is 0 Å². The quantitative estimate of drug-likeness (QED) is 0.196. The molecule has 1 aliphatic rings. The molecule has 1 aromatic heterocycles. The topological polar surface area (TPSA) is 54.3 Å². The van der Waals surface area contributed by atoms with Crippen molar-refractivity contribution in [2.45, 2.75) is 121 Å². The Hall–Kier alpha value is -0.650. The van der Waals surface area contributed by atoms with Crippen LogP contribution in [0.1, 0.15) is 121 Å². The number of nitrogens with one attached hydrogen (secondary N) is 2. The molecule has 186 valence electrons. The Morgan fingerprint density at radius 3 is 1.97 bits per heavy atom. The monoisotopic (exact) mass is 486 g/mol. The highest BCUT2D eigenvalue weighted by Gasteiger charge is 2.30. The van der Waals surface area contributed by atoms with Crippen LogP contribution in [0.25, 0.3) is 0 Å². The van der Waals surface area contributed by atoms with E-state index in [1.165, 1.54) is 96.3 Å². The summed E-state index contributed by atoms with van der Waals surface area (Å²) in [5, 5.41) is 6.66. The minimum atomic E-state index is -0.0917. The fourth-order valence-corrected chi connectivity index (χ4v) is 5.47. The van der Waals surface area contributed by atoms with E-state index in [0.29, 0.717) is 0 Å². The predicted molar refractivity (Wildman–Crippen MR) is 141 cm³/mol. The van der Waals surface area contributed by atoms with Gasteiger partial charge in [0.05, 0.1) is 23.9 Å². The number of halogens is 1. The zero-order chi connectivity index (χ0) is 22.0. The molecule has 2 atom stereocenters. The maximum Gasteiger partial charge on any atom is 0.238 e. The van der Waals surface area contributed by atoms with Gasteiger partial charge in [0.25, 0.3) is 0 Å². The number of unbranched alkanes of at least 4 members (excludes halogenated alkanes) is 15. The molecular formula is C26H47ClN2O2S. The summed E-state index contributed by atoms with van der Waals surface area (Å²) < 4.78 is 5.14. The Balaban J connectivity index is 0.00000512. The van der Waals surface area contributed by atoms with Crippen LogP contribution in [0.3, 0.4) is 0 Å². The van der Waals surface area contributed by atoms with Crippen LogP contribution in [0.2, 0.25) is 0 Å². The lowest BCUT2D eigenvalue weighted by atomic mass is 10.0. The molecule has 1 aromatic rings. The first-order valence-corrected chi connectivity index (χ1v) is 14.0. The van der Waals surface area contributed by atoms with E-state index < -0.39 is 0 Å². The van der Waals surface area contributed by atoms with Crippen molar-refractivity contribution in [2.75, 3.05) is 12.3 Å². The predicted octanol–water partition coefficient (Wildman–Crippen LogP) is 7.78. The second-order valence-corrected chi connectivity index (χ2v) is 10.2. The van der Waals surface area contributed by atoms with Crippen LogP contribution in [0.5, 0.6) is 0 Å². The van der Waals surface area contributed by atoms with Crippen molar-refractivity contribution < 1.29 is 9.21 Å². The number of thioether (sulfide) groups is 1. The second-order valence-electron chi connectivity index (χ2n) is 9.08. The number of carbonyl (C=O) groups is 1. The molecule has 1 unspecified atom stereocenters. The number of hydrogen-bond acceptors (Lipinski definition) is 4. The van der Waals surface area contributed by atoms with Gasteiger partial charge in [0, 0.05) is 17.9 Å². The molecule has 0 bridgehead atoms. The van der Waals surface area contributed by atoms with Gasteiger partial charge in [-0.15, -0.1) is 24.2 Å². The molecule has 0 saturated carbocycles. The van der Waals surface area contributed by atoms with Crippen molar-refractivity contribution in [3.8, 4) is 0 Å². The van der Waals surface area contributed by atoms with Gasteiger partial charge >= 0.3 is 0 Å². The SMILES string of the molecule is CCCCCCCCCCCCCCCCCCNC(=O)[C@@H]1CSC(c2ccoc2)N1.Cl. The Bertz CT molecular complexity index is 556. The van der Waals surface area contributed by atoms with E-state index in [0.717, 1.165) is 24.3 Å². The summed E-state index contributed by atoms with van der Waals surface area (Å²) in [6.45, 7) is 3.09. The highest BCUT2D eigenvalue weighted by Crippen LogP contribution is 2.32. The van der Waals surface area contributed by atoms with Gasteiger partial charge in [0.2, 0.25) is 5.91 Å². The number of amides is 1. The molecule has 32 heavy (non-hydrogen) atoms. The summed E-state index contributed by atoms with van der Waals surface area (Å²) in [4.78, 5) is 12.3. The highest BCUT2D eigenvalue weighted by atomic mass is 35.5. The number of furan rings is 1. The fraction of sp³-hybridized carbons (Fsp3) is 0.808. The van der Waals surface area contributed by atoms with Crippen LogP contribution in [0.4, 0.5) is 0 Å². The van der Waals surface area contributed by atoms with E-state index in [-0.39, 0.29) is 29.7 Å². The van der Waals surface area contributed by atoms with Gasteiger partial charge in [-0.2, -0.15) is 0 Å². The van der Waals surface area contributed by atoms with Crippen LogP contribution >= 0.6 is 24.2 Å². The molecule has 0 radical (unpaired) electrons. The maximum atomic E-state index is 12.3. The van der Waals surface area contributed by atoms with Gasteiger partial charge in [-0.3, -0.25) is 10.1 Å². The first-order chi connectivity index (χ1) is 15.3. The molecule has 1 amide bonds. The summed E-state index contributed by atoms with van der Waals surface area (Å²) in [5.74, 6) is 0.958. The van der Waals surface area contributed by atoms with Gasteiger partial charge in [-0.05, 0) is 12.5 Å². The molecule has 0 aromatic carbocycles. The molecule has 1 aliphatic heterocycles. The number of carbonyl (C=O) groups excluding carboxylic acids is 1. The van der Waals surface area contributed by atoms with Crippen molar-refractivity contribution in [1.82, 2.24) is 10.6 Å². The summed E-state index contributed by atoms with van der Waals surface area (Å²) in [6.07, 6.45) is 25.4. The Labute approximate surface area is 207 Å². The second kappa shape index (κ2) is 19.8. The lowest BCUT2D eigenvalue weighted by molar-refractivity contribution is -0.122. The molecule has 1 saturated heterocycles. The van der Waals surface area contributed by atoms with Crippen LogP contribution in [0, 0.1) is 0 Å². The number of hydrogen-bond donors (Lipinski definition) is 2.